The summed E-state index contributed by atoms with van der Waals surface area (Å²) in [5.74, 6) is 1.49. The molecule has 3 rings (SSSR count). The lowest BCUT2D eigenvalue weighted by atomic mass is 10.0. The summed E-state index contributed by atoms with van der Waals surface area (Å²) in [5.41, 5.74) is 7.64. The largest absolute Gasteiger partial charge is 0.480 e. The molecule has 11 heteroatoms. The summed E-state index contributed by atoms with van der Waals surface area (Å²) in [6.07, 6.45) is 0.946. The van der Waals surface area contributed by atoms with Crippen molar-refractivity contribution in [3.8, 4) is 34.6 Å². The molecule has 3 aromatic rings. The second-order valence-corrected chi connectivity index (χ2v) is 15.1. The Morgan fingerprint density at radius 3 is 2.26 bits per heavy atom. The second kappa shape index (κ2) is 12.3. The van der Waals surface area contributed by atoms with Crippen molar-refractivity contribution in [3.05, 3.63) is 35.6 Å². The van der Waals surface area contributed by atoms with Crippen LogP contribution in [0.2, 0.25) is 19.6 Å². The summed E-state index contributed by atoms with van der Waals surface area (Å²) in [6.45, 7) is 13.1. The van der Waals surface area contributed by atoms with E-state index in [1.54, 1.807) is 20.3 Å². The van der Waals surface area contributed by atoms with E-state index in [1.165, 1.54) is 6.07 Å². The molecule has 0 bridgehead atoms. The van der Waals surface area contributed by atoms with E-state index in [9.17, 15) is 4.79 Å². The minimum Gasteiger partial charge on any atom is -0.480 e. The first kappa shape index (κ1) is 29.0. The highest BCUT2D eigenvalue weighted by atomic mass is 28.3. The molecule has 0 saturated heterocycles. The van der Waals surface area contributed by atoms with Gasteiger partial charge in [-0.25, -0.2) is 0 Å². The fourth-order valence-electron chi connectivity index (χ4n) is 4.01. The van der Waals surface area contributed by atoms with Gasteiger partial charge in [0.1, 0.15) is 11.3 Å². The van der Waals surface area contributed by atoms with Crippen LogP contribution < -0.4 is 35.3 Å². The highest BCUT2D eigenvalue weighted by Crippen LogP contribution is 2.42. The Labute approximate surface area is 225 Å². The van der Waals surface area contributed by atoms with Crippen LogP contribution in [0.15, 0.2) is 28.7 Å². The number of amides is 1. The van der Waals surface area contributed by atoms with E-state index in [1.807, 2.05) is 20.0 Å². The van der Waals surface area contributed by atoms with Gasteiger partial charge in [0.15, 0.2) is 5.76 Å². The lowest BCUT2D eigenvalue weighted by Crippen LogP contribution is -2.37. The molecule has 0 aliphatic rings. The first-order valence-corrected chi connectivity index (χ1v) is 16.2. The Morgan fingerprint density at radius 2 is 1.76 bits per heavy atom. The molecule has 0 unspecified atom stereocenters. The number of nitrogens with one attached hydrogen (secondary N) is 1. The lowest BCUT2D eigenvalue weighted by Gasteiger charge is -2.25. The van der Waals surface area contributed by atoms with Gasteiger partial charge in [0.2, 0.25) is 17.7 Å². The Morgan fingerprint density at radius 1 is 1.11 bits per heavy atom. The smallest absolute Gasteiger partial charge is 0.290 e. The molecule has 2 heterocycles. The summed E-state index contributed by atoms with van der Waals surface area (Å²) >= 11 is 0. The number of hydrogen-bond acceptors (Lipinski definition) is 9. The summed E-state index contributed by atoms with van der Waals surface area (Å²) in [5, 5.41) is 4.32. The van der Waals surface area contributed by atoms with E-state index in [2.05, 4.69) is 42.8 Å². The van der Waals surface area contributed by atoms with Crippen LogP contribution in [0.4, 0.5) is 5.95 Å². The molecule has 0 fully saturated rings. The van der Waals surface area contributed by atoms with Gasteiger partial charge in [-0.05, 0) is 38.1 Å². The Hall–Kier alpha value is -3.57. The third-order valence-electron chi connectivity index (χ3n) is 6.16. The van der Waals surface area contributed by atoms with E-state index < -0.39 is 14.0 Å². The average molecular weight is 542 g/mol. The molecule has 1 aromatic carbocycles. The molecule has 10 nitrogen and oxygen atoms in total. The van der Waals surface area contributed by atoms with Crippen molar-refractivity contribution in [1.82, 2.24) is 15.3 Å². The Balaban J connectivity index is 2.21. The van der Waals surface area contributed by atoms with Crippen molar-refractivity contribution >= 4 is 25.1 Å². The fraction of sp³-hybridized carbons (Fsp3) is 0.444. The average Bonchev–Trinajstić information content (AvgIpc) is 3.35. The first-order valence-electron chi connectivity index (χ1n) is 12.7. The van der Waals surface area contributed by atoms with Crippen LogP contribution in [0.5, 0.6) is 23.5 Å². The van der Waals surface area contributed by atoms with Gasteiger partial charge in [0.25, 0.3) is 11.9 Å². The van der Waals surface area contributed by atoms with Gasteiger partial charge in [-0.15, -0.1) is 0 Å². The maximum atomic E-state index is 11.5. The van der Waals surface area contributed by atoms with Gasteiger partial charge in [-0.2, -0.15) is 9.97 Å². The number of hydrogen-bond donors (Lipinski definition) is 2. The van der Waals surface area contributed by atoms with Gasteiger partial charge in [0, 0.05) is 31.3 Å². The molecule has 38 heavy (non-hydrogen) atoms. The van der Waals surface area contributed by atoms with Crippen molar-refractivity contribution in [2.75, 3.05) is 45.8 Å². The molecule has 3 N–H and O–H groups in total. The molecule has 0 aliphatic carbocycles. The zero-order valence-electron chi connectivity index (χ0n) is 23.6. The van der Waals surface area contributed by atoms with Crippen LogP contribution in [0.25, 0.3) is 11.1 Å². The first-order chi connectivity index (χ1) is 18.0. The predicted octanol–water partition coefficient (Wildman–Crippen LogP) is 3.93. The second-order valence-electron chi connectivity index (χ2n) is 9.99. The zero-order valence-corrected chi connectivity index (χ0v) is 24.6. The Kier molecular flexibility index (Phi) is 9.39. The molecule has 0 spiro atoms. The number of methoxy groups -OCH3 is 2. The number of nitrogens with zero attached hydrogens (tertiary/aromatic N) is 3. The number of carbonyl (C=O) groups is 1. The number of anilines is 1. The maximum absolute atomic E-state index is 11.5. The van der Waals surface area contributed by atoms with Crippen molar-refractivity contribution in [3.63, 3.8) is 0 Å². The van der Waals surface area contributed by atoms with Gasteiger partial charge >= 0.3 is 0 Å². The quantitative estimate of drug-likeness (QED) is 0.310. The molecule has 1 amide bonds. The molecular formula is C27H39N5O5Si. The number of primary amides is 1. The summed E-state index contributed by atoms with van der Waals surface area (Å²) in [6, 6.07) is 7.23. The van der Waals surface area contributed by atoms with E-state index >= 15 is 0 Å². The minimum atomic E-state index is -1.81. The summed E-state index contributed by atoms with van der Waals surface area (Å²) in [4.78, 5) is 23.2. The van der Waals surface area contributed by atoms with Gasteiger partial charge in [0.05, 0.1) is 22.3 Å². The van der Waals surface area contributed by atoms with E-state index in [0.717, 1.165) is 42.4 Å². The van der Waals surface area contributed by atoms with Crippen LogP contribution in [0.3, 0.4) is 0 Å². The number of aromatic nitrogens is 2. The predicted molar refractivity (Wildman–Crippen MR) is 152 cm³/mol. The van der Waals surface area contributed by atoms with Crippen LogP contribution in [-0.2, 0) is 0 Å². The topological polar surface area (TPSA) is 125 Å². The molecule has 0 atom stereocenters. The van der Waals surface area contributed by atoms with Gasteiger partial charge in [-0.1, -0.05) is 37.8 Å². The van der Waals surface area contributed by atoms with Crippen molar-refractivity contribution < 1.29 is 23.4 Å². The van der Waals surface area contributed by atoms with E-state index in [0.29, 0.717) is 29.0 Å². The number of likely N-dealkylation sites (N-methyl/N-ethyl adjacent to an activating group) is 1. The molecule has 0 aliphatic heterocycles. The SMILES string of the molecule is CCCN(CCNC)c1nc(OC)c(-c2cc([Si](C)(C)C)cc(Oc3ccc(C(N)=O)o3)c2C)c(OC)n1. The monoisotopic (exact) mass is 541 g/mol. The van der Waals surface area contributed by atoms with Crippen molar-refractivity contribution in [2.24, 2.45) is 5.73 Å². The lowest BCUT2D eigenvalue weighted by molar-refractivity contribution is 0.0969. The molecule has 0 saturated carbocycles. The normalized spacial score (nSPS) is 11.4. The number of ether oxygens (including phenoxy) is 3. The number of furan rings is 1. The minimum absolute atomic E-state index is 0.0291. The highest BCUT2D eigenvalue weighted by molar-refractivity contribution is 6.88. The van der Waals surface area contributed by atoms with Crippen LogP contribution in [-0.4, -0.2) is 64.9 Å². The van der Waals surface area contributed by atoms with E-state index in [4.69, 9.17) is 34.3 Å². The molecule has 0 radical (unpaired) electrons. The Bertz CT molecular complexity index is 1250. The van der Waals surface area contributed by atoms with Gasteiger partial charge < -0.3 is 34.6 Å². The molecule has 206 valence electrons. The summed E-state index contributed by atoms with van der Waals surface area (Å²) < 4.78 is 23.2. The number of rotatable bonds is 13. The van der Waals surface area contributed by atoms with E-state index in [-0.39, 0.29) is 11.7 Å². The fourth-order valence-corrected chi connectivity index (χ4v) is 5.15. The van der Waals surface area contributed by atoms with Crippen molar-refractivity contribution in [2.45, 2.75) is 39.9 Å². The third kappa shape index (κ3) is 6.46. The number of carbonyl (C=O) groups excluding carboxylic acids is 1. The summed E-state index contributed by atoms with van der Waals surface area (Å²) in [7, 11) is 3.29. The van der Waals surface area contributed by atoms with Crippen LogP contribution in [0, 0.1) is 6.92 Å². The number of nitrogens with two attached hydrogens (primary N) is 1. The highest BCUT2D eigenvalue weighted by Gasteiger charge is 2.27. The maximum Gasteiger partial charge on any atom is 0.290 e. The molecular weight excluding hydrogens is 502 g/mol. The van der Waals surface area contributed by atoms with Gasteiger partial charge in [-0.3, -0.25) is 4.79 Å². The van der Waals surface area contributed by atoms with Crippen molar-refractivity contribution in [1.29, 1.82) is 0 Å². The van der Waals surface area contributed by atoms with Crippen LogP contribution >= 0.6 is 0 Å². The zero-order chi connectivity index (χ0) is 28.0. The standard InChI is InChI=1S/C27H39N5O5Si/c1-9-13-32(14-12-29-3)27-30-25(34-4)23(26(31-27)35-5)19-15-18(38(6,7)8)16-21(17(19)2)37-22-11-10-20(36-22)24(28)33/h10-11,15-16,29H,9,12-14H2,1-8H3,(H2,28,33). The van der Waals surface area contributed by atoms with Crippen LogP contribution in [0.1, 0.15) is 29.5 Å². The third-order valence-corrected chi connectivity index (χ3v) is 8.18. The number of benzene rings is 1. The molecule has 2 aromatic heterocycles.